The summed E-state index contributed by atoms with van der Waals surface area (Å²) in [5.41, 5.74) is 8.16. The van der Waals surface area contributed by atoms with Crippen molar-refractivity contribution in [3.8, 4) is 5.75 Å². The molecule has 4 N–H and O–H groups in total. The summed E-state index contributed by atoms with van der Waals surface area (Å²) in [6, 6.07) is 17.2. The number of methoxy groups -OCH3 is 1. The summed E-state index contributed by atoms with van der Waals surface area (Å²) in [5, 5.41) is 19.4. The van der Waals surface area contributed by atoms with E-state index >= 15 is 0 Å². The Hall–Kier alpha value is -3.92. The highest BCUT2D eigenvalue weighted by atomic mass is 16.8. The molecule has 9 heteroatoms. The van der Waals surface area contributed by atoms with Gasteiger partial charge in [0.25, 0.3) is 5.56 Å². The molecule has 0 saturated heterocycles. The van der Waals surface area contributed by atoms with E-state index in [9.17, 15) is 20.0 Å². The first kappa shape index (κ1) is 22.3. The number of aryl methyl sites for hydroxylation is 1. The molecule has 33 heavy (non-hydrogen) atoms. The second-order valence-electron chi connectivity index (χ2n) is 7.67. The number of esters is 1. The van der Waals surface area contributed by atoms with E-state index in [-0.39, 0.29) is 34.0 Å². The fourth-order valence-corrected chi connectivity index (χ4v) is 4.01. The molecule has 2 aromatic carbocycles. The lowest BCUT2D eigenvalue weighted by molar-refractivity contribution is -0.991. The van der Waals surface area contributed by atoms with Crippen molar-refractivity contribution >= 4 is 11.7 Å². The molecule has 1 unspecified atom stereocenters. The van der Waals surface area contributed by atoms with E-state index in [1.54, 1.807) is 29.7 Å². The highest BCUT2D eigenvalue weighted by Gasteiger charge is 2.38. The van der Waals surface area contributed by atoms with Crippen LogP contribution in [0, 0.1) is 12.1 Å². The summed E-state index contributed by atoms with van der Waals surface area (Å²) in [6.45, 7) is 2.12. The molecule has 0 bridgehead atoms. The maximum absolute atomic E-state index is 13.7. The second-order valence-corrected chi connectivity index (χ2v) is 7.67. The Morgan fingerprint density at radius 1 is 1.21 bits per heavy atom. The SMILES string of the molecule is COC(=O)C1=C(N)Oc2cc(C)n(Cc3ccccc3)c(=O)c2[C@@H]1c1ccc([NH+]([O-])O)cc1. The number of ether oxygens (including phenoxy) is 2. The van der Waals surface area contributed by atoms with E-state index in [2.05, 4.69) is 0 Å². The van der Waals surface area contributed by atoms with Gasteiger partial charge in [-0.05, 0) is 18.1 Å². The second kappa shape index (κ2) is 8.91. The summed E-state index contributed by atoms with van der Waals surface area (Å²) in [5.74, 6) is -1.54. The van der Waals surface area contributed by atoms with Crippen molar-refractivity contribution in [1.82, 2.24) is 4.57 Å². The summed E-state index contributed by atoms with van der Waals surface area (Å²) >= 11 is 0. The maximum atomic E-state index is 13.7. The predicted octanol–water partition coefficient (Wildman–Crippen LogP) is 1.48. The number of benzene rings is 2. The standard InChI is InChI=1S/C24H23N3O6/c1-14-12-18-20(23(28)26(14)13-15-6-4-3-5-7-15)19(21(22(25)33-18)24(29)32-2)16-8-10-17(11-9-16)27(30)31/h3-12,19,27,30H,13,25H2,1-2H3/t19-/m0/s1. The average molecular weight is 449 g/mol. The fourth-order valence-electron chi connectivity index (χ4n) is 4.01. The van der Waals surface area contributed by atoms with Gasteiger partial charge in [0.2, 0.25) is 5.88 Å². The summed E-state index contributed by atoms with van der Waals surface area (Å²) in [7, 11) is 1.21. The van der Waals surface area contributed by atoms with Crippen LogP contribution in [0.1, 0.15) is 28.3 Å². The number of nitrogens with one attached hydrogen (secondary N) is 1. The Labute approximate surface area is 189 Å². The van der Waals surface area contributed by atoms with Gasteiger partial charge in [-0.3, -0.25) is 4.79 Å². The molecule has 170 valence electrons. The molecule has 0 amide bonds. The van der Waals surface area contributed by atoms with Crippen LogP contribution in [0.4, 0.5) is 5.69 Å². The number of hydrogen-bond acceptors (Lipinski definition) is 7. The van der Waals surface area contributed by atoms with Gasteiger partial charge < -0.3 is 25.0 Å². The van der Waals surface area contributed by atoms with Crippen molar-refractivity contribution in [1.29, 1.82) is 0 Å². The van der Waals surface area contributed by atoms with Crippen LogP contribution in [0.5, 0.6) is 5.75 Å². The number of aromatic nitrogens is 1. The maximum Gasteiger partial charge on any atom is 0.340 e. The molecule has 1 aliphatic rings. The number of hydrogen-bond donors (Lipinski definition) is 3. The van der Waals surface area contributed by atoms with Crippen LogP contribution in [-0.2, 0) is 16.1 Å². The van der Waals surface area contributed by atoms with E-state index in [4.69, 9.17) is 15.2 Å². The van der Waals surface area contributed by atoms with Crippen LogP contribution in [0.2, 0.25) is 0 Å². The summed E-state index contributed by atoms with van der Waals surface area (Å²) in [4.78, 5) is 26.4. The molecule has 2 heterocycles. The summed E-state index contributed by atoms with van der Waals surface area (Å²) < 4.78 is 12.2. The molecule has 0 spiro atoms. The molecule has 1 aromatic heterocycles. The molecule has 4 rings (SSSR count). The van der Waals surface area contributed by atoms with E-state index < -0.39 is 17.1 Å². The number of carbonyl (C=O) groups excluding carboxylic acids is 1. The van der Waals surface area contributed by atoms with Crippen LogP contribution >= 0.6 is 0 Å². The Kier molecular flexibility index (Phi) is 6.01. The number of rotatable bonds is 5. The zero-order chi connectivity index (χ0) is 23.7. The third-order valence-corrected chi connectivity index (χ3v) is 5.65. The Bertz CT molecular complexity index is 1280. The largest absolute Gasteiger partial charge is 0.595 e. The molecule has 2 atom stereocenters. The molecule has 9 nitrogen and oxygen atoms in total. The van der Waals surface area contributed by atoms with Gasteiger partial charge in [-0.2, -0.15) is 5.23 Å². The predicted molar refractivity (Wildman–Crippen MR) is 119 cm³/mol. The monoisotopic (exact) mass is 449 g/mol. The average Bonchev–Trinajstić information content (AvgIpc) is 2.81. The summed E-state index contributed by atoms with van der Waals surface area (Å²) in [6.07, 6.45) is 0. The molecular formula is C24H23N3O6. The number of nitrogens with two attached hydrogens (primary N) is 1. The van der Waals surface area contributed by atoms with Crippen LogP contribution in [0.15, 0.2) is 76.9 Å². The van der Waals surface area contributed by atoms with Crippen molar-refractivity contribution in [3.63, 3.8) is 0 Å². The van der Waals surface area contributed by atoms with Gasteiger partial charge in [0, 0.05) is 23.9 Å². The quantitative estimate of drug-likeness (QED) is 0.397. The molecular weight excluding hydrogens is 426 g/mol. The van der Waals surface area contributed by atoms with Gasteiger partial charge in [0.15, 0.2) is 5.69 Å². The van der Waals surface area contributed by atoms with Crippen LogP contribution in [0.3, 0.4) is 0 Å². The van der Waals surface area contributed by atoms with E-state index in [0.29, 0.717) is 17.8 Å². The topological polar surface area (TPSA) is 131 Å². The molecule has 1 aliphatic heterocycles. The van der Waals surface area contributed by atoms with Gasteiger partial charge in [0.05, 0.1) is 25.1 Å². The smallest absolute Gasteiger partial charge is 0.340 e. The van der Waals surface area contributed by atoms with Gasteiger partial charge in [-0.1, -0.05) is 42.5 Å². The highest BCUT2D eigenvalue weighted by molar-refractivity contribution is 5.92. The van der Waals surface area contributed by atoms with Crippen LogP contribution in [0.25, 0.3) is 0 Å². The van der Waals surface area contributed by atoms with Crippen LogP contribution < -0.4 is 21.3 Å². The Morgan fingerprint density at radius 2 is 1.88 bits per heavy atom. The number of pyridine rings is 1. The molecule has 3 aromatic rings. The minimum absolute atomic E-state index is 0.0136. The van der Waals surface area contributed by atoms with Crippen molar-refractivity contribution in [2.75, 3.05) is 7.11 Å². The Balaban J connectivity index is 1.92. The van der Waals surface area contributed by atoms with Crippen molar-refractivity contribution in [2.24, 2.45) is 5.73 Å². The van der Waals surface area contributed by atoms with Gasteiger partial charge >= 0.3 is 5.97 Å². The minimum atomic E-state index is -1.09. The molecule has 0 saturated carbocycles. The lowest BCUT2D eigenvalue weighted by atomic mass is 9.83. The molecule has 0 radical (unpaired) electrons. The van der Waals surface area contributed by atoms with E-state index in [0.717, 1.165) is 5.56 Å². The first-order valence-corrected chi connectivity index (χ1v) is 10.2. The number of carbonyl (C=O) groups is 1. The molecule has 0 aliphatic carbocycles. The third kappa shape index (κ3) is 4.12. The minimum Gasteiger partial charge on any atom is -0.595 e. The third-order valence-electron chi connectivity index (χ3n) is 5.65. The zero-order valence-electron chi connectivity index (χ0n) is 18.1. The first-order valence-electron chi connectivity index (χ1n) is 10.2. The number of nitrogens with zero attached hydrogens (tertiary/aromatic N) is 1. The molecule has 0 fully saturated rings. The lowest BCUT2D eigenvalue weighted by Crippen LogP contribution is -2.99. The van der Waals surface area contributed by atoms with E-state index in [1.165, 1.54) is 19.2 Å². The van der Waals surface area contributed by atoms with Crippen molar-refractivity contribution in [3.05, 3.63) is 110 Å². The Morgan fingerprint density at radius 3 is 2.48 bits per heavy atom. The van der Waals surface area contributed by atoms with Gasteiger partial charge in [0.1, 0.15) is 11.3 Å². The van der Waals surface area contributed by atoms with Crippen molar-refractivity contribution < 1.29 is 24.7 Å². The number of fused-ring (bicyclic) bond motifs is 1. The van der Waals surface area contributed by atoms with Crippen LogP contribution in [-0.4, -0.2) is 22.9 Å². The fraction of sp³-hybridized carbons (Fsp3) is 0.167. The first-order chi connectivity index (χ1) is 15.8. The van der Waals surface area contributed by atoms with Gasteiger partial charge in [-0.15, -0.1) is 0 Å². The van der Waals surface area contributed by atoms with E-state index in [1.807, 2.05) is 30.3 Å². The zero-order valence-corrected chi connectivity index (χ0v) is 18.1. The normalized spacial score (nSPS) is 16.1. The van der Waals surface area contributed by atoms with Crippen molar-refractivity contribution in [2.45, 2.75) is 19.4 Å². The number of quaternary nitrogens is 1. The highest BCUT2D eigenvalue weighted by Crippen LogP contribution is 2.41. The van der Waals surface area contributed by atoms with Gasteiger partial charge in [-0.25, -0.2) is 10.0 Å². The lowest BCUT2D eigenvalue weighted by Gasteiger charge is -2.29.